The molecule has 80 valence electrons. The number of allylic oxidation sites excluding steroid dienone is 4. The van der Waals surface area contributed by atoms with E-state index in [1.54, 1.807) is 5.20 Å². The Balaban J connectivity index is 2.53. The topological polar surface area (TPSA) is 12.0 Å². The van der Waals surface area contributed by atoms with Crippen LogP contribution < -0.4 is 4.98 Å². The summed E-state index contributed by atoms with van der Waals surface area (Å²) in [5, 5.41) is 1.69. The van der Waals surface area contributed by atoms with Gasteiger partial charge in [0.15, 0.2) is 0 Å². The van der Waals surface area contributed by atoms with Gasteiger partial charge in [0.2, 0.25) is 0 Å². The minimum Gasteiger partial charge on any atom is -0.334 e. The van der Waals surface area contributed by atoms with E-state index in [0.29, 0.717) is 0 Å². The first-order valence-corrected chi connectivity index (χ1v) is 8.69. The van der Waals surface area contributed by atoms with Gasteiger partial charge in [-0.3, -0.25) is 0 Å². The van der Waals surface area contributed by atoms with Gasteiger partial charge in [-0.1, -0.05) is 49.4 Å². The van der Waals surface area contributed by atoms with Gasteiger partial charge in [-0.05, 0) is 26.3 Å². The van der Waals surface area contributed by atoms with Crippen molar-refractivity contribution in [1.29, 1.82) is 0 Å². The monoisotopic (exact) mass is 209 g/mol. The fourth-order valence-electron chi connectivity index (χ4n) is 2.05. The Morgan fingerprint density at radius 1 is 1.43 bits per heavy atom. The van der Waals surface area contributed by atoms with Crippen LogP contribution in [0.3, 0.4) is 0 Å². The molecule has 1 rings (SSSR count). The molecule has 14 heavy (non-hydrogen) atoms. The molecule has 1 aliphatic carbocycles. The third-order valence-electron chi connectivity index (χ3n) is 3.02. The van der Waals surface area contributed by atoms with Gasteiger partial charge in [0.1, 0.15) is 8.24 Å². The van der Waals surface area contributed by atoms with Crippen LogP contribution in [0.1, 0.15) is 33.1 Å². The van der Waals surface area contributed by atoms with E-state index < -0.39 is 8.24 Å². The van der Waals surface area contributed by atoms with Crippen molar-refractivity contribution in [3.8, 4) is 0 Å². The molecule has 1 nitrogen and oxygen atoms in total. The van der Waals surface area contributed by atoms with Gasteiger partial charge in [0.25, 0.3) is 0 Å². The summed E-state index contributed by atoms with van der Waals surface area (Å²) in [5.74, 6) is 0. The van der Waals surface area contributed by atoms with E-state index >= 15 is 0 Å². The Kier molecular flexibility index (Phi) is 4.14. The van der Waals surface area contributed by atoms with Gasteiger partial charge in [-0.25, -0.2) is 0 Å². The third-order valence-corrected chi connectivity index (χ3v) is 6.26. The van der Waals surface area contributed by atoms with Crippen molar-refractivity contribution >= 4 is 8.24 Å². The molecule has 0 aromatic heterocycles. The summed E-state index contributed by atoms with van der Waals surface area (Å²) < 4.78 is 0. The summed E-state index contributed by atoms with van der Waals surface area (Å²) in [7, 11) is -1.30. The summed E-state index contributed by atoms with van der Waals surface area (Å²) in [6, 6.07) is 0. The maximum Gasteiger partial charge on any atom is 0.147 e. The van der Waals surface area contributed by atoms with Crippen molar-refractivity contribution in [3.63, 3.8) is 0 Å². The molecule has 0 atom stereocenters. The Morgan fingerprint density at radius 2 is 2.14 bits per heavy atom. The van der Waals surface area contributed by atoms with Crippen molar-refractivity contribution in [2.75, 3.05) is 6.54 Å². The van der Waals surface area contributed by atoms with Crippen LogP contribution in [0.15, 0.2) is 22.9 Å². The molecule has 1 aliphatic rings. The lowest BCUT2D eigenvalue weighted by molar-refractivity contribution is 0.755. The van der Waals surface area contributed by atoms with Gasteiger partial charge in [0, 0.05) is 0 Å². The molecule has 1 N–H and O–H groups in total. The molecule has 0 aromatic rings. The fraction of sp³-hybridized carbons (Fsp3) is 0.667. The SMILES string of the molecule is CCCCN[Si](C)(C)C1=C(C)C=CC1. The summed E-state index contributed by atoms with van der Waals surface area (Å²) >= 11 is 0. The normalized spacial score (nSPS) is 16.9. The van der Waals surface area contributed by atoms with Crippen LogP contribution >= 0.6 is 0 Å². The molecule has 0 radical (unpaired) electrons. The van der Waals surface area contributed by atoms with Gasteiger partial charge in [-0.15, -0.1) is 0 Å². The summed E-state index contributed by atoms with van der Waals surface area (Å²) in [4.78, 5) is 3.77. The summed E-state index contributed by atoms with van der Waals surface area (Å²) in [6.45, 7) is 10.5. The second-order valence-corrected chi connectivity index (χ2v) is 8.88. The van der Waals surface area contributed by atoms with Gasteiger partial charge < -0.3 is 4.98 Å². The molecule has 0 saturated heterocycles. The van der Waals surface area contributed by atoms with Crippen molar-refractivity contribution in [3.05, 3.63) is 22.9 Å². The maximum atomic E-state index is 3.77. The van der Waals surface area contributed by atoms with Crippen LogP contribution in [0.5, 0.6) is 0 Å². The highest BCUT2D eigenvalue weighted by Gasteiger charge is 2.27. The molecule has 0 saturated carbocycles. The lowest BCUT2D eigenvalue weighted by atomic mass is 10.3. The average Bonchev–Trinajstić information content (AvgIpc) is 2.52. The number of nitrogens with one attached hydrogen (secondary N) is 1. The standard InChI is InChI=1S/C12H23NSi/c1-5-6-10-13-14(3,4)12-9-7-8-11(12)2/h7-8,13H,5-6,9-10H2,1-4H3. The smallest absolute Gasteiger partial charge is 0.147 e. The van der Waals surface area contributed by atoms with Crippen molar-refractivity contribution in [2.45, 2.75) is 46.2 Å². The van der Waals surface area contributed by atoms with Gasteiger partial charge in [-0.2, -0.15) is 0 Å². The predicted octanol–water partition coefficient (Wildman–Crippen LogP) is 3.40. The summed E-state index contributed by atoms with van der Waals surface area (Å²) in [6.07, 6.45) is 8.33. The minimum absolute atomic E-state index is 1.18. The van der Waals surface area contributed by atoms with Crippen LogP contribution in [0.25, 0.3) is 0 Å². The van der Waals surface area contributed by atoms with E-state index in [1.807, 2.05) is 0 Å². The Hall–Kier alpha value is -0.343. The highest BCUT2D eigenvalue weighted by Crippen LogP contribution is 2.26. The van der Waals surface area contributed by atoms with Crippen LogP contribution in [0.4, 0.5) is 0 Å². The second kappa shape index (κ2) is 4.94. The quantitative estimate of drug-likeness (QED) is 0.540. The van der Waals surface area contributed by atoms with E-state index in [-0.39, 0.29) is 0 Å². The molecule has 0 aromatic carbocycles. The van der Waals surface area contributed by atoms with Crippen molar-refractivity contribution in [2.24, 2.45) is 0 Å². The molecular formula is C12H23NSi. The van der Waals surface area contributed by atoms with E-state index in [0.717, 1.165) is 0 Å². The highest BCUT2D eigenvalue weighted by molar-refractivity contribution is 6.82. The number of hydrogen-bond acceptors (Lipinski definition) is 1. The Bertz CT molecular complexity index is 251. The number of unbranched alkanes of at least 4 members (excludes halogenated alkanes) is 1. The largest absolute Gasteiger partial charge is 0.334 e. The predicted molar refractivity (Wildman–Crippen MR) is 66.8 cm³/mol. The summed E-state index contributed by atoms with van der Waals surface area (Å²) in [5.41, 5.74) is 1.51. The number of rotatable bonds is 5. The zero-order valence-corrected chi connectivity index (χ0v) is 11.0. The molecule has 0 aliphatic heterocycles. The van der Waals surface area contributed by atoms with Crippen LogP contribution in [-0.2, 0) is 0 Å². The molecular weight excluding hydrogens is 186 g/mol. The Morgan fingerprint density at radius 3 is 2.64 bits per heavy atom. The first-order valence-electron chi connectivity index (χ1n) is 5.69. The van der Waals surface area contributed by atoms with Crippen molar-refractivity contribution in [1.82, 2.24) is 4.98 Å². The minimum atomic E-state index is -1.30. The molecule has 0 heterocycles. The second-order valence-electron chi connectivity index (χ2n) is 4.67. The van der Waals surface area contributed by atoms with Crippen LogP contribution in [0, 0.1) is 0 Å². The van der Waals surface area contributed by atoms with E-state index in [1.165, 1.54) is 31.4 Å². The maximum absolute atomic E-state index is 3.77. The van der Waals surface area contributed by atoms with E-state index in [2.05, 4.69) is 44.1 Å². The lowest BCUT2D eigenvalue weighted by Gasteiger charge is -2.26. The zero-order valence-electron chi connectivity index (χ0n) is 9.98. The Labute approximate surface area is 89.4 Å². The molecule has 0 spiro atoms. The molecule has 0 amide bonds. The van der Waals surface area contributed by atoms with Crippen LogP contribution in [-0.4, -0.2) is 14.8 Å². The van der Waals surface area contributed by atoms with Crippen molar-refractivity contribution < 1.29 is 0 Å². The molecule has 0 bridgehead atoms. The first-order chi connectivity index (χ1) is 6.58. The third kappa shape index (κ3) is 2.82. The number of hydrogen-bond donors (Lipinski definition) is 1. The first kappa shape index (κ1) is 11.7. The van der Waals surface area contributed by atoms with Gasteiger partial charge in [0.05, 0.1) is 0 Å². The lowest BCUT2D eigenvalue weighted by Crippen LogP contribution is -2.47. The van der Waals surface area contributed by atoms with E-state index in [4.69, 9.17) is 0 Å². The molecule has 0 unspecified atom stereocenters. The zero-order chi connectivity index (χ0) is 10.6. The van der Waals surface area contributed by atoms with Crippen LogP contribution in [0.2, 0.25) is 13.1 Å². The average molecular weight is 209 g/mol. The fourth-order valence-corrected chi connectivity index (χ4v) is 4.76. The molecule has 0 fully saturated rings. The van der Waals surface area contributed by atoms with E-state index in [9.17, 15) is 0 Å². The molecule has 2 heteroatoms. The highest BCUT2D eigenvalue weighted by atomic mass is 28.3. The van der Waals surface area contributed by atoms with Gasteiger partial charge >= 0.3 is 0 Å².